The fraction of sp³-hybridized carbons (Fsp3) is 0.100. The molecule has 0 aliphatic carbocycles. The molecule has 3 rings (SSSR count). The number of anilines is 2. The van der Waals surface area contributed by atoms with E-state index in [9.17, 15) is 14.4 Å². The van der Waals surface area contributed by atoms with Crippen molar-refractivity contribution < 1.29 is 24.2 Å². The van der Waals surface area contributed by atoms with Crippen LogP contribution in [0.4, 0.5) is 11.4 Å². The van der Waals surface area contributed by atoms with Gasteiger partial charge in [-0.25, -0.2) is 4.79 Å². The van der Waals surface area contributed by atoms with Gasteiger partial charge in [0.1, 0.15) is 5.75 Å². The van der Waals surface area contributed by atoms with Gasteiger partial charge in [-0.3, -0.25) is 14.5 Å². The standard InChI is InChI=1S/C20H16N2O5S2/c1-12(23)21-14-6-8-15(9-7-14)22-19(26)17(29-20(22)28)10-13-4-2-3-5-16(13)27-11-18(24)25/h2-10H,11H2,1H3,(H,21,23)(H,24,25)/b17-10+. The number of amides is 2. The summed E-state index contributed by atoms with van der Waals surface area (Å²) in [6.45, 7) is 0.936. The van der Waals surface area contributed by atoms with E-state index in [1.807, 2.05) is 0 Å². The minimum absolute atomic E-state index is 0.185. The Balaban J connectivity index is 1.84. The first-order valence-corrected chi connectivity index (χ1v) is 9.67. The lowest BCUT2D eigenvalue weighted by Crippen LogP contribution is -2.27. The van der Waals surface area contributed by atoms with Crippen LogP contribution in [0.3, 0.4) is 0 Å². The summed E-state index contributed by atoms with van der Waals surface area (Å²) >= 11 is 6.51. The highest BCUT2D eigenvalue weighted by Crippen LogP contribution is 2.37. The number of carbonyl (C=O) groups excluding carboxylic acids is 2. The molecule has 2 aromatic carbocycles. The minimum atomic E-state index is -1.09. The molecule has 1 aliphatic rings. The van der Waals surface area contributed by atoms with Gasteiger partial charge in [-0.2, -0.15) is 0 Å². The van der Waals surface area contributed by atoms with Gasteiger partial charge in [-0.15, -0.1) is 0 Å². The Bertz CT molecular complexity index is 1020. The van der Waals surface area contributed by atoms with Crippen molar-refractivity contribution in [2.75, 3.05) is 16.8 Å². The van der Waals surface area contributed by atoms with Crippen molar-refractivity contribution in [3.05, 3.63) is 59.0 Å². The highest BCUT2D eigenvalue weighted by molar-refractivity contribution is 8.27. The third-order valence-corrected chi connectivity index (χ3v) is 5.10. The van der Waals surface area contributed by atoms with Crippen molar-refractivity contribution >= 4 is 63.5 Å². The van der Waals surface area contributed by atoms with Gasteiger partial charge in [-0.1, -0.05) is 42.2 Å². The van der Waals surface area contributed by atoms with Gasteiger partial charge >= 0.3 is 5.97 Å². The topological polar surface area (TPSA) is 95.9 Å². The number of rotatable bonds is 6. The van der Waals surface area contributed by atoms with E-state index in [0.29, 0.717) is 31.9 Å². The first kappa shape index (κ1) is 20.6. The number of benzene rings is 2. The van der Waals surface area contributed by atoms with E-state index in [4.69, 9.17) is 22.1 Å². The molecule has 0 spiro atoms. The Morgan fingerprint density at radius 2 is 1.90 bits per heavy atom. The van der Waals surface area contributed by atoms with Crippen LogP contribution in [0.2, 0.25) is 0 Å². The van der Waals surface area contributed by atoms with Crippen LogP contribution in [0.1, 0.15) is 12.5 Å². The maximum absolute atomic E-state index is 12.9. The summed E-state index contributed by atoms with van der Waals surface area (Å²) < 4.78 is 5.65. The van der Waals surface area contributed by atoms with Crippen LogP contribution in [-0.2, 0) is 14.4 Å². The first-order chi connectivity index (χ1) is 13.8. The van der Waals surface area contributed by atoms with Crippen LogP contribution < -0.4 is 15.0 Å². The smallest absolute Gasteiger partial charge is 0.341 e. The van der Waals surface area contributed by atoms with Gasteiger partial charge in [0.2, 0.25) is 5.91 Å². The second-order valence-corrected chi connectivity index (χ2v) is 7.64. The fourth-order valence-electron chi connectivity index (χ4n) is 2.60. The molecular weight excluding hydrogens is 412 g/mol. The lowest BCUT2D eigenvalue weighted by molar-refractivity contribution is -0.139. The number of thioether (sulfide) groups is 1. The summed E-state index contributed by atoms with van der Waals surface area (Å²) in [4.78, 5) is 36.6. The zero-order valence-electron chi connectivity index (χ0n) is 15.2. The summed E-state index contributed by atoms with van der Waals surface area (Å²) in [5.74, 6) is -1.20. The molecule has 0 aromatic heterocycles. The monoisotopic (exact) mass is 428 g/mol. The minimum Gasteiger partial charge on any atom is -0.481 e. The summed E-state index contributed by atoms with van der Waals surface area (Å²) in [5.41, 5.74) is 1.78. The molecular formula is C20H16N2O5S2. The summed E-state index contributed by atoms with van der Waals surface area (Å²) in [7, 11) is 0. The van der Waals surface area contributed by atoms with E-state index in [-0.39, 0.29) is 11.8 Å². The zero-order chi connectivity index (χ0) is 21.0. The van der Waals surface area contributed by atoms with Crippen LogP contribution in [0.5, 0.6) is 5.75 Å². The fourth-order valence-corrected chi connectivity index (χ4v) is 3.89. The third-order valence-electron chi connectivity index (χ3n) is 3.80. The number of carboxylic acid groups (broad SMARTS) is 1. The molecule has 9 heteroatoms. The molecule has 0 unspecified atom stereocenters. The van der Waals surface area contributed by atoms with Gasteiger partial charge in [0.25, 0.3) is 5.91 Å². The largest absolute Gasteiger partial charge is 0.481 e. The molecule has 1 fully saturated rings. The average Bonchev–Trinajstić information content (AvgIpc) is 2.94. The molecule has 2 aromatic rings. The third kappa shape index (κ3) is 5.01. The highest BCUT2D eigenvalue weighted by Gasteiger charge is 2.33. The van der Waals surface area contributed by atoms with E-state index in [0.717, 1.165) is 11.8 Å². The number of carboxylic acids is 1. The van der Waals surface area contributed by atoms with Crippen molar-refractivity contribution in [2.45, 2.75) is 6.92 Å². The van der Waals surface area contributed by atoms with Gasteiger partial charge in [0.05, 0.1) is 10.6 Å². The lowest BCUT2D eigenvalue weighted by atomic mass is 10.2. The number of nitrogens with zero attached hydrogens (tertiary/aromatic N) is 1. The molecule has 0 atom stereocenters. The Hall–Kier alpha value is -3.17. The second kappa shape index (κ2) is 8.89. The summed E-state index contributed by atoms with van der Waals surface area (Å²) in [6.07, 6.45) is 1.63. The van der Waals surface area contributed by atoms with Gasteiger partial charge in [0, 0.05) is 18.2 Å². The Morgan fingerprint density at radius 3 is 2.55 bits per heavy atom. The van der Waals surface area contributed by atoms with Crippen LogP contribution in [0, 0.1) is 0 Å². The summed E-state index contributed by atoms with van der Waals surface area (Å²) in [6, 6.07) is 13.6. The Kier molecular flexibility index (Phi) is 6.30. The number of hydrogen-bond acceptors (Lipinski definition) is 6. The molecule has 1 aliphatic heterocycles. The average molecular weight is 428 g/mol. The van der Waals surface area contributed by atoms with Crippen molar-refractivity contribution in [1.29, 1.82) is 0 Å². The van der Waals surface area contributed by atoms with Crippen molar-refractivity contribution in [2.24, 2.45) is 0 Å². The number of aliphatic carboxylic acids is 1. The Labute approximate surface area is 176 Å². The van der Waals surface area contributed by atoms with Crippen LogP contribution in [0.25, 0.3) is 6.08 Å². The van der Waals surface area contributed by atoms with Gasteiger partial charge in [0.15, 0.2) is 10.9 Å². The zero-order valence-corrected chi connectivity index (χ0v) is 16.9. The maximum Gasteiger partial charge on any atom is 0.341 e. The number of carbonyl (C=O) groups is 3. The predicted octanol–water partition coefficient (Wildman–Crippen LogP) is 3.51. The van der Waals surface area contributed by atoms with E-state index in [1.54, 1.807) is 54.6 Å². The first-order valence-electron chi connectivity index (χ1n) is 8.44. The van der Waals surface area contributed by atoms with E-state index < -0.39 is 12.6 Å². The number of ether oxygens (including phenoxy) is 1. The second-order valence-electron chi connectivity index (χ2n) is 5.97. The molecule has 0 saturated carbocycles. The van der Waals surface area contributed by atoms with Gasteiger partial charge in [-0.05, 0) is 36.4 Å². The normalized spacial score (nSPS) is 14.9. The Morgan fingerprint density at radius 1 is 1.21 bits per heavy atom. The van der Waals surface area contributed by atoms with E-state index >= 15 is 0 Å². The van der Waals surface area contributed by atoms with Crippen LogP contribution >= 0.6 is 24.0 Å². The highest BCUT2D eigenvalue weighted by atomic mass is 32.2. The number of para-hydroxylation sites is 1. The molecule has 0 radical (unpaired) electrons. The molecule has 2 N–H and O–H groups in total. The lowest BCUT2D eigenvalue weighted by Gasteiger charge is -2.15. The quantitative estimate of drug-likeness (QED) is 0.537. The molecule has 7 nitrogen and oxygen atoms in total. The SMILES string of the molecule is CC(=O)Nc1ccc(N2C(=O)/C(=C\c3ccccc3OCC(=O)O)SC2=S)cc1. The molecule has 1 saturated heterocycles. The molecule has 0 bridgehead atoms. The molecule has 1 heterocycles. The molecule has 148 valence electrons. The molecule has 2 amide bonds. The van der Waals surface area contributed by atoms with Crippen LogP contribution in [-0.4, -0.2) is 33.8 Å². The maximum atomic E-state index is 12.9. The number of nitrogens with one attached hydrogen (secondary N) is 1. The van der Waals surface area contributed by atoms with Crippen molar-refractivity contribution in [3.63, 3.8) is 0 Å². The van der Waals surface area contributed by atoms with Crippen molar-refractivity contribution in [1.82, 2.24) is 0 Å². The van der Waals surface area contributed by atoms with Crippen molar-refractivity contribution in [3.8, 4) is 5.75 Å². The van der Waals surface area contributed by atoms with E-state index in [2.05, 4.69) is 5.32 Å². The van der Waals surface area contributed by atoms with E-state index in [1.165, 1.54) is 11.8 Å². The number of hydrogen-bond donors (Lipinski definition) is 2. The predicted molar refractivity (Wildman–Crippen MR) is 116 cm³/mol. The summed E-state index contributed by atoms with van der Waals surface area (Å²) in [5, 5.41) is 11.5. The number of thiocarbonyl (C=S) groups is 1. The molecule has 29 heavy (non-hydrogen) atoms. The van der Waals surface area contributed by atoms with Gasteiger partial charge < -0.3 is 15.2 Å². The van der Waals surface area contributed by atoms with Crippen LogP contribution in [0.15, 0.2) is 53.4 Å².